The molecule has 0 saturated heterocycles. The third kappa shape index (κ3) is 2.87. The van der Waals surface area contributed by atoms with Crippen LogP contribution in [0, 0.1) is 6.92 Å². The number of nitrogens with zero attached hydrogens (tertiary/aromatic N) is 1. The zero-order chi connectivity index (χ0) is 12.1. The van der Waals surface area contributed by atoms with E-state index in [2.05, 4.69) is 47.3 Å². The van der Waals surface area contributed by atoms with Crippen LogP contribution in [0.1, 0.15) is 11.1 Å². The Kier molecular flexibility index (Phi) is 3.81. The minimum atomic E-state index is 0.776. The summed E-state index contributed by atoms with van der Waals surface area (Å²) in [5.41, 5.74) is 3.80. The van der Waals surface area contributed by atoms with Crippen molar-refractivity contribution in [3.8, 4) is 0 Å². The van der Waals surface area contributed by atoms with E-state index in [1.807, 2.05) is 6.08 Å². The van der Waals surface area contributed by atoms with Crippen molar-refractivity contribution in [1.29, 1.82) is 0 Å². The number of allylic oxidation sites excluding steroid dienone is 1. The SMILES string of the molecule is C=CCc1cccc(NCC2=NCCN2)c1C. The second kappa shape index (κ2) is 5.53. The van der Waals surface area contributed by atoms with Gasteiger partial charge in [0.15, 0.2) is 0 Å². The fraction of sp³-hybridized carbons (Fsp3) is 0.357. The average Bonchev–Trinajstić information content (AvgIpc) is 2.83. The molecule has 0 saturated carbocycles. The molecule has 90 valence electrons. The quantitative estimate of drug-likeness (QED) is 0.759. The van der Waals surface area contributed by atoms with Crippen molar-refractivity contribution < 1.29 is 0 Å². The highest BCUT2D eigenvalue weighted by Gasteiger charge is 2.06. The molecule has 0 atom stereocenters. The Morgan fingerprint density at radius 3 is 3.12 bits per heavy atom. The standard InChI is InChI=1S/C14H19N3/c1-3-5-12-6-4-7-13(11(12)2)17-10-14-15-8-9-16-14/h3-4,6-7,17H,1,5,8-10H2,2H3,(H,15,16). The van der Waals surface area contributed by atoms with E-state index >= 15 is 0 Å². The molecule has 1 aliphatic heterocycles. The van der Waals surface area contributed by atoms with Gasteiger partial charge in [0.1, 0.15) is 5.84 Å². The topological polar surface area (TPSA) is 36.4 Å². The lowest BCUT2D eigenvalue weighted by Gasteiger charge is -2.12. The van der Waals surface area contributed by atoms with Gasteiger partial charge in [0.2, 0.25) is 0 Å². The Hall–Kier alpha value is -1.77. The molecule has 0 spiro atoms. The van der Waals surface area contributed by atoms with Crippen LogP contribution in [0.4, 0.5) is 5.69 Å². The van der Waals surface area contributed by atoms with E-state index in [0.29, 0.717) is 0 Å². The largest absolute Gasteiger partial charge is 0.378 e. The first kappa shape index (κ1) is 11.7. The molecule has 0 aromatic heterocycles. The second-order valence-electron chi connectivity index (χ2n) is 4.19. The molecule has 1 heterocycles. The van der Waals surface area contributed by atoms with E-state index in [0.717, 1.165) is 31.9 Å². The van der Waals surface area contributed by atoms with Crippen LogP contribution in [0.25, 0.3) is 0 Å². The van der Waals surface area contributed by atoms with Gasteiger partial charge in [0.05, 0.1) is 13.1 Å². The molecule has 1 aromatic carbocycles. The number of amidine groups is 1. The van der Waals surface area contributed by atoms with Gasteiger partial charge in [-0.15, -0.1) is 6.58 Å². The highest BCUT2D eigenvalue weighted by atomic mass is 15.1. The van der Waals surface area contributed by atoms with Gasteiger partial charge in [-0.1, -0.05) is 18.2 Å². The number of anilines is 1. The van der Waals surface area contributed by atoms with Gasteiger partial charge in [-0.2, -0.15) is 0 Å². The number of benzene rings is 1. The van der Waals surface area contributed by atoms with Crippen LogP contribution in [0.2, 0.25) is 0 Å². The lowest BCUT2D eigenvalue weighted by atomic mass is 10.0. The van der Waals surface area contributed by atoms with Gasteiger partial charge in [0, 0.05) is 12.2 Å². The zero-order valence-electron chi connectivity index (χ0n) is 10.3. The molecular weight excluding hydrogens is 210 g/mol. The van der Waals surface area contributed by atoms with Crippen molar-refractivity contribution >= 4 is 11.5 Å². The maximum absolute atomic E-state index is 4.37. The molecule has 0 fully saturated rings. The molecule has 1 aromatic rings. The summed E-state index contributed by atoms with van der Waals surface area (Å²) in [5.74, 6) is 1.05. The van der Waals surface area contributed by atoms with E-state index in [4.69, 9.17) is 0 Å². The van der Waals surface area contributed by atoms with Crippen molar-refractivity contribution in [3.63, 3.8) is 0 Å². The zero-order valence-corrected chi connectivity index (χ0v) is 10.3. The fourth-order valence-electron chi connectivity index (χ4n) is 2.00. The maximum Gasteiger partial charge on any atom is 0.116 e. The lowest BCUT2D eigenvalue weighted by molar-refractivity contribution is 0.955. The van der Waals surface area contributed by atoms with E-state index in [1.54, 1.807) is 0 Å². The number of nitrogens with one attached hydrogen (secondary N) is 2. The van der Waals surface area contributed by atoms with E-state index in [9.17, 15) is 0 Å². The Balaban J connectivity index is 2.04. The van der Waals surface area contributed by atoms with Gasteiger partial charge in [0.25, 0.3) is 0 Å². The molecule has 1 aliphatic rings. The Bertz CT molecular complexity index is 435. The van der Waals surface area contributed by atoms with Crippen molar-refractivity contribution in [2.75, 3.05) is 25.0 Å². The van der Waals surface area contributed by atoms with Crippen molar-refractivity contribution in [2.45, 2.75) is 13.3 Å². The number of rotatable bonds is 5. The average molecular weight is 229 g/mol. The van der Waals surface area contributed by atoms with Crippen LogP contribution in [-0.2, 0) is 6.42 Å². The van der Waals surface area contributed by atoms with Crippen LogP contribution < -0.4 is 10.6 Å². The minimum absolute atomic E-state index is 0.776. The maximum atomic E-state index is 4.37. The lowest BCUT2D eigenvalue weighted by Crippen LogP contribution is -2.26. The number of aliphatic imine (C=N–C) groups is 1. The molecule has 0 bridgehead atoms. The van der Waals surface area contributed by atoms with Crippen LogP contribution in [0.3, 0.4) is 0 Å². The summed E-state index contributed by atoms with van der Waals surface area (Å²) >= 11 is 0. The molecule has 3 nitrogen and oxygen atoms in total. The molecule has 2 N–H and O–H groups in total. The monoisotopic (exact) mass is 229 g/mol. The highest BCUT2D eigenvalue weighted by Crippen LogP contribution is 2.19. The third-order valence-electron chi connectivity index (χ3n) is 3.00. The predicted octanol–water partition coefficient (Wildman–Crippen LogP) is 2.14. The molecule has 3 heteroatoms. The van der Waals surface area contributed by atoms with Gasteiger partial charge in [-0.05, 0) is 30.5 Å². The fourth-order valence-corrected chi connectivity index (χ4v) is 2.00. The normalized spacial score (nSPS) is 14.1. The Labute approximate surface area is 103 Å². The smallest absolute Gasteiger partial charge is 0.116 e. The predicted molar refractivity (Wildman–Crippen MR) is 73.9 cm³/mol. The Morgan fingerprint density at radius 2 is 2.41 bits per heavy atom. The number of hydrogen-bond acceptors (Lipinski definition) is 3. The second-order valence-corrected chi connectivity index (χ2v) is 4.19. The highest BCUT2D eigenvalue weighted by molar-refractivity contribution is 5.87. The molecular formula is C14H19N3. The van der Waals surface area contributed by atoms with E-state index < -0.39 is 0 Å². The number of hydrogen-bond donors (Lipinski definition) is 2. The van der Waals surface area contributed by atoms with Gasteiger partial charge in [-0.25, -0.2) is 0 Å². The molecule has 0 aliphatic carbocycles. The minimum Gasteiger partial charge on any atom is -0.378 e. The van der Waals surface area contributed by atoms with Gasteiger partial charge >= 0.3 is 0 Å². The Morgan fingerprint density at radius 1 is 1.53 bits per heavy atom. The third-order valence-corrected chi connectivity index (χ3v) is 3.00. The molecule has 2 rings (SSSR count). The first-order chi connectivity index (χ1) is 8.31. The van der Waals surface area contributed by atoms with Crippen molar-refractivity contribution in [3.05, 3.63) is 42.0 Å². The summed E-state index contributed by atoms with van der Waals surface area (Å²) < 4.78 is 0. The molecule has 0 amide bonds. The van der Waals surface area contributed by atoms with Gasteiger partial charge in [-0.3, -0.25) is 4.99 Å². The van der Waals surface area contributed by atoms with Crippen LogP contribution in [0.15, 0.2) is 35.8 Å². The summed E-state index contributed by atoms with van der Waals surface area (Å²) in [6.07, 6.45) is 2.86. The summed E-state index contributed by atoms with van der Waals surface area (Å²) in [7, 11) is 0. The first-order valence-electron chi connectivity index (χ1n) is 6.01. The van der Waals surface area contributed by atoms with Crippen molar-refractivity contribution in [1.82, 2.24) is 5.32 Å². The molecule has 0 radical (unpaired) electrons. The summed E-state index contributed by atoms with van der Waals surface area (Å²) in [4.78, 5) is 4.37. The summed E-state index contributed by atoms with van der Waals surface area (Å²) in [5, 5.41) is 6.68. The van der Waals surface area contributed by atoms with Gasteiger partial charge < -0.3 is 10.6 Å². The molecule has 17 heavy (non-hydrogen) atoms. The van der Waals surface area contributed by atoms with E-state index in [-0.39, 0.29) is 0 Å². The van der Waals surface area contributed by atoms with Crippen LogP contribution >= 0.6 is 0 Å². The first-order valence-corrected chi connectivity index (χ1v) is 6.01. The molecule has 0 unspecified atom stereocenters. The van der Waals surface area contributed by atoms with Crippen molar-refractivity contribution in [2.24, 2.45) is 4.99 Å². The summed E-state index contributed by atoms with van der Waals surface area (Å²) in [6, 6.07) is 6.34. The van der Waals surface area contributed by atoms with Crippen LogP contribution in [-0.4, -0.2) is 25.5 Å². The van der Waals surface area contributed by atoms with Crippen LogP contribution in [0.5, 0.6) is 0 Å². The van der Waals surface area contributed by atoms with E-state index in [1.165, 1.54) is 16.8 Å². The summed E-state index contributed by atoms with van der Waals surface area (Å²) in [6.45, 7) is 8.57.